The van der Waals surface area contributed by atoms with Crippen LogP contribution in [0.3, 0.4) is 0 Å². The van der Waals surface area contributed by atoms with Gasteiger partial charge in [0.1, 0.15) is 23.3 Å². The van der Waals surface area contributed by atoms with Crippen LogP contribution in [0, 0.1) is 5.92 Å². The molecule has 0 spiro atoms. The molecule has 2 saturated heterocycles. The van der Waals surface area contributed by atoms with Gasteiger partial charge in [-0.25, -0.2) is 9.97 Å². The van der Waals surface area contributed by atoms with Crippen LogP contribution in [0.15, 0.2) is 18.6 Å². The van der Waals surface area contributed by atoms with Crippen molar-refractivity contribution in [3.8, 4) is 0 Å². The van der Waals surface area contributed by atoms with Crippen LogP contribution in [0.25, 0.3) is 11.0 Å². The molecule has 4 heterocycles. The maximum atomic E-state index is 4.57. The third-order valence-corrected chi connectivity index (χ3v) is 6.36. The van der Waals surface area contributed by atoms with E-state index in [-0.39, 0.29) is 0 Å². The van der Waals surface area contributed by atoms with Gasteiger partial charge < -0.3 is 9.88 Å². The molecule has 0 radical (unpaired) electrons. The molecule has 3 atom stereocenters. The van der Waals surface area contributed by atoms with Gasteiger partial charge in [0, 0.05) is 44.7 Å². The van der Waals surface area contributed by atoms with E-state index in [0.29, 0.717) is 17.5 Å². The Kier molecular flexibility index (Phi) is 4.17. The fraction of sp³-hybridized carbons (Fsp3) is 0.625. The topological polar surface area (TPSA) is 60.1 Å². The molecule has 23 heavy (non-hydrogen) atoms. The predicted molar refractivity (Wildman–Crippen MR) is 95.7 cm³/mol. The Balaban J connectivity index is 1.58. The molecule has 2 fully saturated rings. The summed E-state index contributed by atoms with van der Waals surface area (Å²) in [5.74, 6) is 2.90. The van der Waals surface area contributed by atoms with Gasteiger partial charge >= 0.3 is 0 Å². The number of hydrogen-bond acceptors (Lipinski definition) is 6. The largest absolute Gasteiger partial charge is 0.354 e. The summed E-state index contributed by atoms with van der Waals surface area (Å²) < 4.78 is 0. The third kappa shape index (κ3) is 2.81. The van der Waals surface area contributed by atoms with E-state index in [1.807, 2.05) is 18.0 Å². The first-order chi connectivity index (χ1) is 11.2. The highest BCUT2D eigenvalue weighted by molar-refractivity contribution is 8.00. The maximum Gasteiger partial charge on any atom is 0.142 e. The zero-order valence-electron chi connectivity index (χ0n) is 13.7. The second-order valence-electron chi connectivity index (χ2n) is 6.55. The Morgan fingerprint density at radius 2 is 2.30 bits per heavy atom. The molecule has 2 aromatic rings. The van der Waals surface area contributed by atoms with Gasteiger partial charge in [0.05, 0.1) is 5.39 Å². The molecule has 0 bridgehead atoms. The zero-order chi connectivity index (χ0) is 15.8. The fourth-order valence-electron chi connectivity index (χ4n) is 3.73. The molecule has 7 heteroatoms. The Labute approximate surface area is 141 Å². The van der Waals surface area contributed by atoms with E-state index in [2.05, 4.69) is 50.1 Å². The predicted octanol–water partition coefficient (Wildman–Crippen LogP) is 1.72. The minimum atomic E-state index is 0.472. The third-order valence-electron chi connectivity index (χ3n) is 5.14. The van der Waals surface area contributed by atoms with Crippen molar-refractivity contribution in [3.05, 3.63) is 18.6 Å². The van der Waals surface area contributed by atoms with E-state index in [1.165, 1.54) is 18.7 Å². The average molecular weight is 332 g/mol. The Bertz CT molecular complexity index is 667. The van der Waals surface area contributed by atoms with Gasteiger partial charge in [-0.15, -0.1) is 11.8 Å². The van der Waals surface area contributed by atoms with Crippen LogP contribution in [-0.4, -0.2) is 63.8 Å². The second-order valence-corrected chi connectivity index (χ2v) is 7.74. The number of nitrogens with one attached hydrogen (secondary N) is 2. The molecule has 2 aromatic heterocycles. The van der Waals surface area contributed by atoms with Crippen LogP contribution < -0.4 is 10.2 Å². The zero-order valence-corrected chi connectivity index (χ0v) is 14.5. The van der Waals surface area contributed by atoms with E-state index in [1.54, 1.807) is 6.33 Å². The number of aromatic amines is 1. The summed E-state index contributed by atoms with van der Waals surface area (Å²) in [6, 6.07) is 2.54. The van der Waals surface area contributed by atoms with Crippen LogP contribution >= 0.6 is 11.8 Å². The van der Waals surface area contributed by atoms with Crippen LogP contribution in [0.4, 0.5) is 5.82 Å². The molecule has 0 amide bonds. The van der Waals surface area contributed by atoms with Crippen molar-refractivity contribution in [2.45, 2.75) is 24.9 Å². The molecule has 3 unspecified atom stereocenters. The number of thioether (sulfide) groups is 1. The first-order valence-corrected chi connectivity index (χ1v) is 9.39. The van der Waals surface area contributed by atoms with Gasteiger partial charge in [-0.05, 0) is 18.4 Å². The molecular weight excluding hydrogens is 308 g/mol. The van der Waals surface area contributed by atoms with E-state index in [9.17, 15) is 0 Å². The molecule has 4 rings (SSSR count). The minimum Gasteiger partial charge on any atom is -0.354 e. The van der Waals surface area contributed by atoms with Crippen molar-refractivity contribution in [3.63, 3.8) is 0 Å². The monoisotopic (exact) mass is 332 g/mol. The van der Waals surface area contributed by atoms with E-state index < -0.39 is 0 Å². The van der Waals surface area contributed by atoms with Gasteiger partial charge in [0.15, 0.2) is 0 Å². The summed E-state index contributed by atoms with van der Waals surface area (Å²) in [7, 11) is 2.18. The van der Waals surface area contributed by atoms with Crippen molar-refractivity contribution in [1.82, 2.24) is 25.2 Å². The highest BCUT2D eigenvalue weighted by Gasteiger charge is 2.34. The molecule has 6 nitrogen and oxygen atoms in total. The van der Waals surface area contributed by atoms with E-state index in [4.69, 9.17) is 0 Å². The van der Waals surface area contributed by atoms with Gasteiger partial charge in [0.25, 0.3) is 0 Å². The number of aromatic nitrogens is 3. The lowest BCUT2D eigenvalue weighted by molar-refractivity contribution is 0.144. The molecular formula is C16H24N6S. The van der Waals surface area contributed by atoms with Crippen molar-refractivity contribution in [2.24, 2.45) is 5.92 Å². The maximum absolute atomic E-state index is 4.57. The van der Waals surface area contributed by atoms with Crippen LogP contribution in [0.2, 0.25) is 0 Å². The number of fused-ring (bicyclic) bond motifs is 1. The number of nitrogens with zero attached hydrogens (tertiary/aromatic N) is 4. The number of piperidine rings is 1. The molecule has 2 aliphatic heterocycles. The van der Waals surface area contributed by atoms with E-state index in [0.717, 1.165) is 29.9 Å². The molecule has 0 saturated carbocycles. The smallest absolute Gasteiger partial charge is 0.142 e. The van der Waals surface area contributed by atoms with Crippen molar-refractivity contribution < 1.29 is 0 Å². The van der Waals surface area contributed by atoms with Crippen LogP contribution in [0.1, 0.15) is 13.3 Å². The first-order valence-electron chi connectivity index (χ1n) is 8.34. The van der Waals surface area contributed by atoms with Crippen molar-refractivity contribution >= 4 is 28.6 Å². The van der Waals surface area contributed by atoms with Gasteiger partial charge in [0.2, 0.25) is 0 Å². The number of H-pyrrole nitrogens is 1. The summed E-state index contributed by atoms with van der Waals surface area (Å²) in [6.45, 7) is 5.75. The average Bonchev–Trinajstić information content (AvgIpc) is 3.25. The lowest BCUT2D eigenvalue weighted by Gasteiger charge is -2.44. The Morgan fingerprint density at radius 1 is 1.39 bits per heavy atom. The van der Waals surface area contributed by atoms with E-state index >= 15 is 0 Å². The molecule has 2 N–H and O–H groups in total. The van der Waals surface area contributed by atoms with Crippen molar-refractivity contribution in [1.29, 1.82) is 0 Å². The highest BCUT2D eigenvalue weighted by Crippen LogP contribution is 2.30. The second kappa shape index (κ2) is 6.30. The quantitative estimate of drug-likeness (QED) is 0.893. The number of likely N-dealkylation sites (N-methyl/N-ethyl adjacent to an activating group) is 1. The highest BCUT2D eigenvalue weighted by atomic mass is 32.2. The summed E-state index contributed by atoms with van der Waals surface area (Å²) in [5, 5.41) is 4.71. The molecule has 0 aliphatic carbocycles. The standard InChI is InChI=1S/C16H24N6S/c1-11-4-7-22(16-18-6-8-23-16)9-13(11)21(2)15-12-3-5-17-14(12)19-10-20-15/h3,5,10-11,13,16,18H,4,6-9H2,1-2H3,(H,17,19,20). The first kappa shape index (κ1) is 15.2. The normalized spacial score (nSPS) is 29.2. The number of anilines is 1. The fourth-order valence-corrected chi connectivity index (χ4v) is 4.83. The van der Waals surface area contributed by atoms with Gasteiger partial charge in [-0.3, -0.25) is 10.2 Å². The lowest BCUT2D eigenvalue weighted by Crippen LogP contribution is -2.55. The number of likely N-dealkylation sites (tertiary alicyclic amines) is 1. The number of hydrogen-bond donors (Lipinski definition) is 2. The Morgan fingerprint density at radius 3 is 3.13 bits per heavy atom. The summed E-state index contributed by atoms with van der Waals surface area (Å²) in [4.78, 5) is 17.0. The minimum absolute atomic E-state index is 0.472. The van der Waals surface area contributed by atoms with Gasteiger partial charge in [-0.1, -0.05) is 6.92 Å². The lowest BCUT2D eigenvalue weighted by atomic mass is 9.92. The Hall–Kier alpha value is -1.31. The summed E-state index contributed by atoms with van der Waals surface area (Å²) in [6.07, 6.45) is 4.83. The summed E-state index contributed by atoms with van der Waals surface area (Å²) >= 11 is 2.03. The summed E-state index contributed by atoms with van der Waals surface area (Å²) in [5.41, 5.74) is 1.39. The van der Waals surface area contributed by atoms with Gasteiger partial charge in [-0.2, -0.15) is 0 Å². The molecule has 124 valence electrons. The SMILES string of the molecule is CC1CCN(C2NCCS2)CC1N(C)c1ncnc2[nH]ccc12. The molecule has 2 aliphatic rings. The van der Waals surface area contributed by atoms with Crippen molar-refractivity contribution in [2.75, 3.05) is 37.3 Å². The number of rotatable bonds is 3. The molecule has 0 aromatic carbocycles. The van der Waals surface area contributed by atoms with Crippen LogP contribution in [-0.2, 0) is 0 Å². The van der Waals surface area contributed by atoms with Crippen LogP contribution in [0.5, 0.6) is 0 Å².